The summed E-state index contributed by atoms with van der Waals surface area (Å²) in [5, 5.41) is 0.949. The molecular weight excluding hydrogens is 407 g/mol. The Kier molecular flexibility index (Phi) is 5.62. The van der Waals surface area contributed by atoms with Crippen LogP contribution in [0.2, 0.25) is 0 Å². The van der Waals surface area contributed by atoms with Crippen molar-refractivity contribution in [1.82, 2.24) is 14.9 Å². The van der Waals surface area contributed by atoms with E-state index in [1.54, 1.807) is 11.2 Å². The Hall–Kier alpha value is -2.39. The van der Waals surface area contributed by atoms with E-state index in [0.29, 0.717) is 26.2 Å². The Morgan fingerprint density at radius 3 is 2.25 bits per heavy atom. The van der Waals surface area contributed by atoms with Crippen molar-refractivity contribution in [3.8, 4) is 0 Å². The second kappa shape index (κ2) is 7.88. The number of rotatable bonds is 2. The lowest BCUT2D eigenvalue weighted by Crippen LogP contribution is -2.50. The van der Waals surface area contributed by atoms with Gasteiger partial charge in [-0.05, 0) is 66.1 Å². The van der Waals surface area contributed by atoms with Gasteiger partial charge in [-0.2, -0.15) is 0 Å². The third-order valence-corrected chi connectivity index (χ3v) is 6.39. The standard InChI is InChI=1S/C23H33BN4O4/c1-21(2,3)30-20(29)28-12-10-27(11-13-28)19-17-14-16(8-9-18(17)25-15-26-19)24-31-22(4,5)23(6,7)32-24/h8-9,14-15H,10-13H2,1-7H3. The van der Waals surface area contributed by atoms with Crippen molar-refractivity contribution >= 4 is 35.4 Å². The van der Waals surface area contributed by atoms with Gasteiger partial charge in [0.1, 0.15) is 17.7 Å². The average Bonchev–Trinajstić information content (AvgIpc) is 2.93. The SMILES string of the molecule is CC(C)(C)OC(=O)N1CCN(c2ncnc3ccc(B4OC(C)(C)C(C)(C)O4)cc23)CC1. The van der Waals surface area contributed by atoms with E-state index in [1.165, 1.54) is 0 Å². The quantitative estimate of drug-likeness (QED) is 0.665. The average molecular weight is 440 g/mol. The molecule has 0 spiro atoms. The van der Waals surface area contributed by atoms with Crippen LogP contribution >= 0.6 is 0 Å². The van der Waals surface area contributed by atoms with Crippen LogP contribution in [-0.2, 0) is 14.0 Å². The molecule has 32 heavy (non-hydrogen) atoms. The second-order valence-corrected chi connectivity index (χ2v) is 10.5. The van der Waals surface area contributed by atoms with Gasteiger partial charge in [0.05, 0.1) is 16.7 Å². The van der Waals surface area contributed by atoms with Gasteiger partial charge in [-0.1, -0.05) is 6.07 Å². The van der Waals surface area contributed by atoms with E-state index < -0.39 is 23.9 Å². The molecule has 2 saturated heterocycles. The Labute approximate surface area is 190 Å². The lowest BCUT2D eigenvalue weighted by Gasteiger charge is -2.36. The predicted octanol–water partition coefficient (Wildman–Crippen LogP) is 2.99. The summed E-state index contributed by atoms with van der Waals surface area (Å²) in [4.78, 5) is 25.4. The van der Waals surface area contributed by atoms with Crippen molar-refractivity contribution < 1.29 is 18.8 Å². The van der Waals surface area contributed by atoms with Crippen LogP contribution in [0.1, 0.15) is 48.5 Å². The molecule has 1 aromatic carbocycles. The monoisotopic (exact) mass is 440 g/mol. The predicted molar refractivity (Wildman–Crippen MR) is 125 cm³/mol. The maximum atomic E-state index is 12.4. The van der Waals surface area contributed by atoms with E-state index in [-0.39, 0.29) is 6.09 Å². The molecule has 2 aliphatic rings. The molecule has 8 nitrogen and oxygen atoms in total. The number of piperazine rings is 1. The zero-order valence-electron chi connectivity index (χ0n) is 20.1. The van der Waals surface area contributed by atoms with Gasteiger partial charge >= 0.3 is 13.2 Å². The Balaban J connectivity index is 1.54. The number of hydrogen-bond donors (Lipinski definition) is 0. The van der Waals surface area contributed by atoms with Gasteiger partial charge in [0, 0.05) is 31.6 Å². The second-order valence-electron chi connectivity index (χ2n) is 10.5. The first-order valence-electron chi connectivity index (χ1n) is 11.2. The van der Waals surface area contributed by atoms with Crippen molar-refractivity contribution in [2.75, 3.05) is 31.1 Å². The smallest absolute Gasteiger partial charge is 0.444 e. The van der Waals surface area contributed by atoms with Crippen molar-refractivity contribution in [2.45, 2.75) is 65.3 Å². The number of benzene rings is 1. The van der Waals surface area contributed by atoms with Gasteiger partial charge in [-0.15, -0.1) is 0 Å². The first-order chi connectivity index (χ1) is 14.9. The summed E-state index contributed by atoms with van der Waals surface area (Å²) < 4.78 is 18.0. The fraction of sp³-hybridized carbons (Fsp3) is 0.609. The third-order valence-electron chi connectivity index (χ3n) is 6.39. The molecule has 0 radical (unpaired) electrons. The van der Waals surface area contributed by atoms with Gasteiger partial charge < -0.3 is 23.8 Å². The van der Waals surface area contributed by atoms with Crippen LogP contribution in [0, 0.1) is 0 Å². The van der Waals surface area contributed by atoms with Crippen LogP contribution in [0.25, 0.3) is 10.9 Å². The summed E-state index contributed by atoms with van der Waals surface area (Å²) in [6.45, 7) is 16.3. The molecule has 172 valence electrons. The summed E-state index contributed by atoms with van der Waals surface area (Å²) in [5.41, 5.74) is 0.506. The number of ether oxygens (including phenoxy) is 1. The van der Waals surface area contributed by atoms with E-state index in [0.717, 1.165) is 22.2 Å². The number of amides is 1. The van der Waals surface area contributed by atoms with Crippen molar-refractivity contribution in [2.24, 2.45) is 0 Å². The fourth-order valence-corrected chi connectivity index (χ4v) is 3.87. The molecule has 0 N–H and O–H groups in total. The molecule has 0 aliphatic carbocycles. The molecule has 3 heterocycles. The van der Waals surface area contributed by atoms with E-state index in [4.69, 9.17) is 14.0 Å². The van der Waals surface area contributed by atoms with E-state index in [2.05, 4.69) is 20.9 Å². The summed E-state index contributed by atoms with van der Waals surface area (Å²) in [6.07, 6.45) is 1.32. The largest absolute Gasteiger partial charge is 0.494 e. The van der Waals surface area contributed by atoms with Crippen molar-refractivity contribution in [3.05, 3.63) is 24.5 Å². The highest BCUT2D eigenvalue weighted by Crippen LogP contribution is 2.36. The maximum absolute atomic E-state index is 12.4. The first-order valence-corrected chi connectivity index (χ1v) is 11.2. The first kappa shape index (κ1) is 22.8. The molecule has 1 aromatic heterocycles. The zero-order valence-corrected chi connectivity index (χ0v) is 20.1. The van der Waals surface area contributed by atoms with Crippen LogP contribution in [-0.4, -0.2) is 71.1 Å². The van der Waals surface area contributed by atoms with E-state index >= 15 is 0 Å². The van der Waals surface area contributed by atoms with E-state index in [1.807, 2.05) is 60.6 Å². The molecule has 1 amide bonds. The third kappa shape index (κ3) is 4.41. The molecule has 9 heteroatoms. The summed E-state index contributed by atoms with van der Waals surface area (Å²) in [5.74, 6) is 0.859. The molecule has 0 unspecified atom stereocenters. The number of hydrogen-bond acceptors (Lipinski definition) is 7. The Morgan fingerprint density at radius 2 is 1.66 bits per heavy atom. The van der Waals surface area contributed by atoms with Crippen molar-refractivity contribution in [3.63, 3.8) is 0 Å². The van der Waals surface area contributed by atoms with Gasteiger partial charge in [-0.3, -0.25) is 0 Å². The summed E-state index contributed by atoms with van der Waals surface area (Å²) in [6, 6.07) is 6.05. The van der Waals surface area contributed by atoms with Crippen LogP contribution in [0.3, 0.4) is 0 Å². The summed E-state index contributed by atoms with van der Waals surface area (Å²) in [7, 11) is -0.443. The van der Waals surface area contributed by atoms with Gasteiger partial charge in [0.2, 0.25) is 0 Å². The molecule has 0 saturated carbocycles. The number of carbonyl (C=O) groups excluding carboxylic acids is 1. The molecule has 2 aliphatic heterocycles. The minimum absolute atomic E-state index is 0.271. The molecule has 0 atom stereocenters. The molecule has 0 bridgehead atoms. The Bertz CT molecular complexity index is 997. The Morgan fingerprint density at radius 1 is 1.03 bits per heavy atom. The number of nitrogens with zero attached hydrogens (tertiary/aromatic N) is 4. The van der Waals surface area contributed by atoms with Gasteiger partial charge in [0.25, 0.3) is 0 Å². The lowest BCUT2D eigenvalue weighted by atomic mass is 9.78. The minimum Gasteiger partial charge on any atom is -0.444 e. The van der Waals surface area contributed by atoms with E-state index in [9.17, 15) is 4.79 Å². The maximum Gasteiger partial charge on any atom is 0.494 e. The van der Waals surface area contributed by atoms with Gasteiger partial charge in [0.15, 0.2) is 0 Å². The number of aromatic nitrogens is 2. The van der Waals surface area contributed by atoms with Crippen LogP contribution in [0.15, 0.2) is 24.5 Å². The molecule has 4 rings (SSSR count). The number of anilines is 1. The van der Waals surface area contributed by atoms with Crippen LogP contribution in [0.4, 0.5) is 10.6 Å². The lowest BCUT2D eigenvalue weighted by molar-refractivity contribution is 0.00578. The molecule has 2 aromatic rings. The molecule has 2 fully saturated rings. The highest BCUT2D eigenvalue weighted by atomic mass is 16.7. The fourth-order valence-electron chi connectivity index (χ4n) is 3.87. The normalized spacial score (nSPS) is 20.7. The van der Waals surface area contributed by atoms with Crippen molar-refractivity contribution in [1.29, 1.82) is 0 Å². The number of carbonyl (C=O) groups is 1. The highest BCUT2D eigenvalue weighted by molar-refractivity contribution is 6.62. The minimum atomic E-state index is -0.499. The summed E-state index contributed by atoms with van der Waals surface area (Å²) >= 11 is 0. The van der Waals surface area contributed by atoms with Crippen LogP contribution in [0.5, 0.6) is 0 Å². The highest BCUT2D eigenvalue weighted by Gasteiger charge is 2.51. The molecular formula is C23H33BN4O4. The topological polar surface area (TPSA) is 77.0 Å². The van der Waals surface area contributed by atoms with Gasteiger partial charge in [-0.25, -0.2) is 14.8 Å². The van der Waals surface area contributed by atoms with Crippen LogP contribution < -0.4 is 10.4 Å². The zero-order chi connectivity index (χ0) is 23.3. The number of fused-ring (bicyclic) bond motifs is 1.